The van der Waals surface area contributed by atoms with Gasteiger partial charge in [0.1, 0.15) is 11.2 Å². The molecule has 2 aromatic rings. The van der Waals surface area contributed by atoms with Crippen LogP contribution in [0.5, 0.6) is 0 Å². The molecule has 1 aliphatic heterocycles. The highest BCUT2D eigenvalue weighted by Crippen LogP contribution is 2.41. The molecule has 1 amide bonds. The molecule has 3 heterocycles. The first-order chi connectivity index (χ1) is 9.83. The molecule has 0 fully saturated rings. The van der Waals surface area contributed by atoms with Crippen molar-refractivity contribution >= 4 is 22.2 Å². The van der Waals surface area contributed by atoms with Crippen LogP contribution in [0.2, 0.25) is 0 Å². The number of anilines is 1. The van der Waals surface area contributed by atoms with Gasteiger partial charge in [-0.05, 0) is 43.4 Å². The van der Waals surface area contributed by atoms with Crippen molar-refractivity contribution in [1.82, 2.24) is 10.3 Å². The first-order valence-corrected chi connectivity index (χ1v) is 7.77. The molecule has 0 spiro atoms. The lowest BCUT2D eigenvalue weighted by molar-refractivity contribution is 0.0934. The number of rotatable bonds is 1. The quantitative estimate of drug-likeness (QED) is 0.847. The average Bonchev–Trinajstić information content (AvgIpc) is 2.87. The number of hydrogen-bond acceptors (Lipinski definition) is 4. The van der Waals surface area contributed by atoms with E-state index in [1.54, 1.807) is 17.5 Å². The second-order valence-electron chi connectivity index (χ2n) is 5.22. The maximum Gasteiger partial charge on any atom is 0.256 e. The summed E-state index contributed by atoms with van der Waals surface area (Å²) in [6, 6.07) is 5.74. The van der Waals surface area contributed by atoms with Crippen molar-refractivity contribution in [2.45, 2.75) is 31.8 Å². The maximum atomic E-state index is 12.4. The largest absolute Gasteiger partial charge is 0.351 e. The van der Waals surface area contributed by atoms with E-state index in [4.69, 9.17) is 0 Å². The van der Waals surface area contributed by atoms with Crippen molar-refractivity contribution in [3.05, 3.63) is 46.1 Å². The molecule has 0 saturated carbocycles. The van der Waals surface area contributed by atoms with Gasteiger partial charge in [-0.3, -0.25) is 9.78 Å². The van der Waals surface area contributed by atoms with Crippen molar-refractivity contribution in [2.24, 2.45) is 0 Å². The minimum absolute atomic E-state index is 0.0359. The van der Waals surface area contributed by atoms with Crippen molar-refractivity contribution < 1.29 is 4.79 Å². The number of thiophene rings is 1. The van der Waals surface area contributed by atoms with Crippen LogP contribution in [-0.4, -0.2) is 10.9 Å². The lowest BCUT2D eigenvalue weighted by atomic mass is 9.94. The standard InChI is InChI=1S/C15H15N3OS/c19-14-12-9-5-1-2-7-11(9)20-15(12)18-13(17-14)10-6-3-4-8-16-10/h3-4,6,8,13,18H,1-2,5,7H2,(H,17,19)/t13-/m1/s1. The van der Waals surface area contributed by atoms with Crippen LogP contribution in [0.3, 0.4) is 0 Å². The number of carbonyl (C=O) groups excluding carboxylic acids is 1. The van der Waals surface area contributed by atoms with E-state index in [9.17, 15) is 4.79 Å². The number of nitrogens with one attached hydrogen (secondary N) is 2. The van der Waals surface area contributed by atoms with Gasteiger partial charge < -0.3 is 10.6 Å². The summed E-state index contributed by atoms with van der Waals surface area (Å²) in [7, 11) is 0. The predicted molar refractivity (Wildman–Crippen MR) is 79.0 cm³/mol. The summed E-state index contributed by atoms with van der Waals surface area (Å²) >= 11 is 1.74. The Bertz CT molecular complexity index is 665. The van der Waals surface area contributed by atoms with E-state index >= 15 is 0 Å². The van der Waals surface area contributed by atoms with Crippen LogP contribution in [-0.2, 0) is 12.8 Å². The monoisotopic (exact) mass is 285 g/mol. The van der Waals surface area contributed by atoms with E-state index in [0.29, 0.717) is 0 Å². The Hall–Kier alpha value is -1.88. The number of pyridine rings is 1. The number of carbonyl (C=O) groups is 1. The highest BCUT2D eigenvalue weighted by Gasteiger charge is 2.32. The molecule has 4 nitrogen and oxygen atoms in total. The van der Waals surface area contributed by atoms with E-state index in [0.717, 1.165) is 29.1 Å². The van der Waals surface area contributed by atoms with E-state index in [1.807, 2.05) is 18.2 Å². The number of aryl methyl sites for hydroxylation is 1. The van der Waals surface area contributed by atoms with Gasteiger partial charge in [0.05, 0.1) is 11.3 Å². The number of fused-ring (bicyclic) bond motifs is 3. The van der Waals surface area contributed by atoms with Crippen LogP contribution in [0.15, 0.2) is 24.4 Å². The molecule has 1 aliphatic carbocycles. The minimum atomic E-state index is -0.226. The van der Waals surface area contributed by atoms with Crippen molar-refractivity contribution in [2.75, 3.05) is 5.32 Å². The summed E-state index contributed by atoms with van der Waals surface area (Å²) in [5.74, 6) is 0.0359. The fourth-order valence-electron chi connectivity index (χ4n) is 2.97. The predicted octanol–water partition coefficient (Wildman–Crippen LogP) is 2.88. The first kappa shape index (κ1) is 11.9. The van der Waals surface area contributed by atoms with Gasteiger partial charge in [-0.2, -0.15) is 0 Å². The lowest BCUT2D eigenvalue weighted by Gasteiger charge is -2.25. The molecule has 102 valence electrons. The number of nitrogens with zero attached hydrogens (tertiary/aromatic N) is 1. The molecule has 0 aromatic carbocycles. The zero-order valence-corrected chi connectivity index (χ0v) is 11.8. The minimum Gasteiger partial charge on any atom is -0.351 e. The van der Waals surface area contributed by atoms with E-state index in [-0.39, 0.29) is 12.1 Å². The van der Waals surface area contributed by atoms with Crippen LogP contribution in [0.25, 0.3) is 0 Å². The Morgan fingerprint density at radius 2 is 2.10 bits per heavy atom. The fourth-order valence-corrected chi connectivity index (χ4v) is 4.29. The van der Waals surface area contributed by atoms with Crippen molar-refractivity contribution in [1.29, 1.82) is 0 Å². The second-order valence-corrected chi connectivity index (χ2v) is 6.33. The van der Waals surface area contributed by atoms with E-state index in [1.165, 1.54) is 23.3 Å². The van der Waals surface area contributed by atoms with Crippen LogP contribution < -0.4 is 10.6 Å². The summed E-state index contributed by atoms with van der Waals surface area (Å²) in [5, 5.41) is 7.45. The average molecular weight is 285 g/mol. The molecule has 5 heteroatoms. The van der Waals surface area contributed by atoms with E-state index in [2.05, 4.69) is 15.6 Å². The molecular formula is C15H15N3OS. The number of hydrogen-bond donors (Lipinski definition) is 2. The Morgan fingerprint density at radius 3 is 2.95 bits per heavy atom. The molecule has 0 bridgehead atoms. The normalized spacial score (nSPS) is 20.6. The summed E-state index contributed by atoms with van der Waals surface area (Å²) < 4.78 is 0. The van der Waals surface area contributed by atoms with Gasteiger partial charge in [0.2, 0.25) is 0 Å². The van der Waals surface area contributed by atoms with Gasteiger partial charge >= 0.3 is 0 Å². The van der Waals surface area contributed by atoms with Crippen LogP contribution in [0, 0.1) is 0 Å². The van der Waals surface area contributed by atoms with Gasteiger partial charge in [-0.1, -0.05) is 6.07 Å². The van der Waals surface area contributed by atoms with Gasteiger partial charge in [-0.25, -0.2) is 0 Å². The van der Waals surface area contributed by atoms with Gasteiger partial charge in [0.25, 0.3) is 5.91 Å². The molecular weight excluding hydrogens is 270 g/mol. The molecule has 2 aromatic heterocycles. The third-order valence-electron chi connectivity index (χ3n) is 3.93. The highest BCUT2D eigenvalue weighted by atomic mass is 32.1. The second kappa shape index (κ2) is 4.59. The smallest absolute Gasteiger partial charge is 0.256 e. The van der Waals surface area contributed by atoms with Crippen LogP contribution in [0.1, 0.15) is 45.5 Å². The summed E-state index contributed by atoms with van der Waals surface area (Å²) in [6.07, 6.45) is 6.08. The summed E-state index contributed by atoms with van der Waals surface area (Å²) in [4.78, 5) is 18.1. The maximum absolute atomic E-state index is 12.4. The molecule has 4 rings (SSSR count). The highest BCUT2D eigenvalue weighted by molar-refractivity contribution is 7.16. The summed E-state index contributed by atoms with van der Waals surface area (Å²) in [6.45, 7) is 0. The Labute approximate surface area is 121 Å². The van der Waals surface area contributed by atoms with Crippen molar-refractivity contribution in [3.8, 4) is 0 Å². The molecule has 0 radical (unpaired) electrons. The Morgan fingerprint density at radius 1 is 1.20 bits per heavy atom. The van der Waals surface area contributed by atoms with Gasteiger partial charge in [-0.15, -0.1) is 11.3 Å². The van der Waals surface area contributed by atoms with Crippen LogP contribution in [0.4, 0.5) is 5.00 Å². The number of aromatic nitrogens is 1. The van der Waals surface area contributed by atoms with Crippen molar-refractivity contribution in [3.63, 3.8) is 0 Å². The lowest BCUT2D eigenvalue weighted by Crippen LogP contribution is -2.38. The topological polar surface area (TPSA) is 54.0 Å². The van der Waals surface area contributed by atoms with Gasteiger partial charge in [0, 0.05) is 11.1 Å². The van der Waals surface area contributed by atoms with Crippen LogP contribution >= 0.6 is 11.3 Å². The number of amides is 1. The Kier molecular flexibility index (Phi) is 2.73. The molecule has 20 heavy (non-hydrogen) atoms. The molecule has 2 aliphatic rings. The zero-order chi connectivity index (χ0) is 13.5. The van der Waals surface area contributed by atoms with E-state index < -0.39 is 0 Å². The molecule has 0 saturated heterocycles. The third kappa shape index (κ3) is 1.81. The SMILES string of the molecule is O=C1N[C@@H](c2ccccn2)Nc2sc3c(c21)CCCC3. The summed E-state index contributed by atoms with van der Waals surface area (Å²) in [5.41, 5.74) is 2.98. The zero-order valence-electron chi connectivity index (χ0n) is 11.0. The van der Waals surface area contributed by atoms with Gasteiger partial charge in [0.15, 0.2) is 0 Å². The Balaban J connectivity index is 1.73. The third-order valence-corrected chi connectivity index (χ3v) is 5.16. The molecule has 2 N–H and O–H groups in total. The fraction of sp³-hybridized carbons (Fsp3) is 0.333. The molecule has 1 atom stereocenters. The molecule has 0 unspecified atom stereocenters. The first-order valence-electron chi connectivity index (χ1n) is 6.96.